The van der Waals surface area contributed by atoms with Crippen molar-refractivity contribution in [2.24, 2.45) is 5.73 Å². The molecule has 26 heavy (non-hydrogen) atoms. The molecule has 1 amide bonds. The number of hydrogen-bond acceptors (Lipinski definition) is 7. The van der Waals surface area contributed by atoms with Crippen molar-refractivity contribution in [2.75, 3.05) is 11.6 Å². The van der Waals surface area contributed by atoms with Crippen LogP contribution in [0.3, 0.4) is 0 Å². The first kappa shape index (κ1) is 17.6. The Hall–Kier alpha value is -3.21. The number of aromatic nitrogens is 3. The summed E-state index contributed by atoms with van der Waals surface area (Å²) >= 11 is 0. The zero-order valence-electron chi connectivity index (χ0n) is 13.2. The van der Waals surface area contributed by atoms with Crippen LogP contribution in [-0.2, 0) is 9.84 Å². The molecule has 2 aromatic heterocycles. The Morgan fingerprint density at radius 1 is 1.15 bits per heavy atom. The maximum atomic E-state index is 14.3. The third-order valence-corrected chi connectivity index (χ3v) is 4.52. The summed E-state index contributed by atoms with van der Waals surface area (Å²) in [4.78, 5) is 15.0. The van der Waals surface area contributed by atoms with E-state index in [-0.39, 0.29) is 32.9 Å². The molecule has 0 saturated carbocycles. The summed E-state index contributed by atoms with van der Waals surface area (Å²) in [5.74, 6) is -2.60. The molecule has 134 valence electrons. The van der Waals surface area contributed by atoms with Crippen LogP contribution in [-0.4, -0.2) is 35.8 Å². The molecule has 0 atom stereocenters. The van der Waals surface area contributed by atoms with E-state index < -0.39 is 27.4 Å². The first-order chi connectivity index (χ1) is 12.2. The predicted molar refractivity (Wildman–Crippen MR) is 88.6 cm³/mol. The number of nitrogens with two attached hydrogens (primary N) is 1. The van der Waals surface area contributed by atoms with Crippen LogP contribution in [0.4, 0.5) is 20.2 Å². The van der Waals surface area contributed by atoms with Crippen LogP contribution in [0, 0.1) is 11.6 Å². The minimum atomic E-state index is -3.75. The number of fused-ring (bicyclic) bond motifs is 1. The van der Waals surface area contributed by atoms with Crippen LogP contribution in [0.5, 0.6) is 0 Å². The minimum absolute atomic E-state index is 0.0570. The number of carbonyl (C=O) groups is 1. The second-order valence-corrected chi connectivity index (χ2v) is 7.39. The Bertz CT molecular complexity index is 1150. The van der Waals surface area contributed by atoms with E-state index in [0.717, 1.165) is 30.7 Å². The molecule has 11 heteroatoms. The van der Waals surface area contributed by atoms with Crippen molar-refractivity contribution in [3.05, 3.63) is 47.9 Å². The third kappa shape index (κ3) is 3.28. The summed E-state index contributed by atoms with van der Waals surface area (Å²) in [6.45, 7) is 0. The number of sulfone groups is 1. The van der Waals surface area contributed by atoms with Gasteiger partial charge in [-0.2, -0.15) is 0 Å². The van der Waals surface area contributed by atoms with Crippen molar-refractivity contribution in [1.29, 1.82) is 0 Å². The maximum Gasteiger partial charge on any atom is 0.271 e. The van der Waals surface area contributed by atoms with Gasteiger partial charge in [-0.25, -0.2) is 17.2 Å². The fourth-order valence-corrected chi connectivity index (χ4v) is 2.93. The average molecular weight is 379 g/mol. The molecule has 0 fully saturated rings. The van der Waals surface area contributed by atoms with E-state index in [1.807, 2.05) is 0 Å². The van der Waals surface area contributed by atoms with E-state index in [2.05, 4.69) is 20.5 Å². The van der Waals surface area contributed by atoms with Gasteiger partial charge in [0.15, 0.2) is 21.3 Å². The van der Waals surface area contributed by atoms with Gasteiger partial charge in [0.05, 0.1) is 28.7 Å². The molecule has 1 aromatic carbocycles. The number of pyridine rings is 1. The van der Waals surface area contributed by atoms with Gasteiger partial charge in [0.1, 0.15) is 11.3 Å². The highest BCUT2D eigenvalue weighted by Crippen LogP contribution is 2.31. The second-order valence-electron chi connectivity index (χ2n) is 5.38. The van der Waals surface area contributed by atoms with Crippen LogP contribution >= 0.6 is 0 Å². The fourth-order valence-electron chi connectivity index (χ4n) is 2.28. The Balaban J connectivity index is 2.34. The predicted octanol–water partition coefficient (Wildman–Crippen LogP) is 1.55. The lowest BCUT2D eigenvalue weighted by atomic mass is 10.1. The minimum Gasteiger partial charge on any atom is -0.364 e. The molecule has 3 aromatic rings. The smallest absolute Gasteiger partial charge is 0.271 e. The van der Waals surface area contributed by atoms with Gasteiger partial charge < -0.3 is 11.1 Å². The number of halogens is 2. The van der Waals surface area contributed by atoms with Gasteiger partial charge >= 0.3 is 0 Å². The Morgan fingerprint density at radius 3 is 2.50 bits per heavy atom. The third-order valence-electron chi connectivity index (χ3n) is 3.43. The molecule has 0 saturated heterocycles. The van der Waals surface area contributed by atoms with Crippen molar-refractivity contribution in [1.82, 2.24) is 15.2 Å². The molecule has 2 heterocycles. The second kappa shape index (κ2) is 6.26. The van der Waals surface area contributed by atoms with Crippen molar-refractivity contribution in [3.63, 3.8) is 0 Å². The quantitative estimate of drug-likeness (QED) is 0.704. The van der Waals surface area contributed by atoms with E-state index in [1.165, 1.54) is 6.20 Å². The van der Waals surface area contributed by atoms with Crippen LogP contribution in [0.15, 0.2) is 35.5 Å². The van der Waals surface area contributed by atoms with Crippen LogP contribution in [0.2, 0.25) is 0 Å². The van der Waals surface area contributed by atoms with Crippen molar-refractivity contribution in [3.8, 4) is 0 Å². The molecule has 3 rings (SSSR count). The highest BCUT2D eigenvalue weighted by atomic mass is 32.2. The number of hydrogen-bond donors (Lipinski definition) is 2. The number of carbonyl (C=O) groups excluding carboxylic acids is 1. The van der Waals surface area contributed by atoms with Crippen LogP contribution in [0.1, 0.15) is 10.5 Å². The van der Waals surface area contributed by atoms with Gasteiger partial charge in [0, 0.05) is 17.7 Å². The number of rotatable bonds is 4. The zero-order valence-corrected chi connectivity index (χ0v) is 14.0. The lowest BCUT2D eigenvalue weighted by molar-refractivity contribution is 0.0995. The van der Waals surface area contributed by atoms with E-state index in [1.54, 1.807) is 0 Å². The molecule has 0 aliphatic heterocycles. The molecule has 0 aliphatic carbocycles. The maximum absolute atomic E-state index is 14.3. The zero-order chi connectivity index (χ0) is 19.1. The standard InChI is InChI=1S/C15H11F2N5O3S/c1-26(24,25)9-3-10-12(11(17)4-9)21-22-14(15(18)23)13(10)20-8-2-7(16)5-19-6-8/h2-6H,1H3,(H2,18,23)(H,20,21). The van der Waals surface area contributed by atoms with Crippen LogP contribution < -0.4 is 11.1 Å². The normalized spacial score (nSPS) is 11.5. The molecule has 0 unspecified atom stereocenters. The summed E-state index contributed by atoms with van der Waals surface area (Å²) in [6.07, 6.45) is 3.11. The Labute approximate surface area is 146 Å². The largest absolute Gasteiger partial charge is 0.364 e. The van der Waals surface area contributed by atoms with Gasteiger partial charge in [-0.05, 0) is 12.1 Å². The highest BCUT2D eigenvalue weighted by molar-refractivity contribution is 7.90. The fraction of sp³-hybridized carbons (Fsp3) is 0.0667. The van der Waals surface area contributed by atoms with Gasteiger partial charge in [-0.15, -0.1) is 10.2 Å². The first-order valence-corrected chi connectivity index (χ1v) is 8.93. The number of primary amides is 1. The number of nitrogens with zero attached hydrogens (tertiary/aromatic N) is 3. The molecule has 0 radical (unpaired) electrons. The lowest BCUT2D eigenvalue weighted by Gasteiger charge is -2.13. The molecule has 0 spiro atoms. The Morgan fingerprint density at radius 2 is 1.88 bits per heavy atom. The SMILES string of the molecule is CS(=O)(=O)c1cc(F)c2nnc(C(N)=O)c(Nc3cncc(F)c3)c2c1. The lowest BCUT2D eigenvalue weighted by Crippen LogP contribution is -2.17. The van der Waals surface area contributed by atoms with Gasteiger partial charge in [-0.1, -0.05) is 0 Å². The van der Waals surface area contributed by atoms with E-state index in [9.17, 15) is 22.0 Å². The summed E-state index contributed by atoms with van der Waals surface area (Å²) in [5, 5.41) is 9.80. The van der Waals surface area contributed by atoms with E-state index >= 15 is 0 Å². The van der Waals surface area contributed by atoms with Crippen molar-refractivity contribution < 1.29 is 22.0 Å². The topological polar surface area (TPSA) is 128 Å². The van der Waals surface area contributed by atoms with Gasteiger partial charge in [0.2, 0.25) is 0 Å². The Kier molecular flexibility index (Phi) is 4.24. The van der Waals surface area contributed by atoms with Gasteiger partial charge in [0.25, 0.3) is 5.91 Å². The van der Waals surface area contributed by atoms with Crippen LogP contribution in [0.25, 0.3) is 10.9 Å². The molecular weight excluding hydrogens is 368 g/mol. The number of anilines is 2. The number of amides is 1. The van der Waals surface area contributed by atoms with E-state index in [4.69, 9.17) is 5.73 Å². The molecule has 8 nitrogen and oxygen atoms in total. The first-order valence-electron chi connectivity index (χ1n) is 7.04. The number of benzene rings is 1. The van der Waals surface area contributed by atoms with Crippen molar-refractivity contribution in [2.45, 2.75) is 4.90 Å². The molecule has 0 aliphatic rings. The highest BCUT2D eigenvalue weighted by Gasteiger charge is 2.21. The van der Waals surface area contributed by atoms with E-state index in [0.29, 0.717) is 0 Å². The summed E-state index contributed by atoms with van der Waals surface area (Å²) < 4.78 is 51.3. The van der Waals surface area contributed by atoms with Crippen molar-refractivity contribution >= 4 is 38.0 Å². The summed E-state index contributed by atoms with van der Waals surface area (Å²) in [7, 11) is -3.75. The molecule has 0 bridgehead atoms. The summed E-state index contributed by atoms with van der Waals surface area (Å²) in [5.41, 5.74) is 4.62. The molecule has 3 N–H and O–H groups in total. The number of nitrogens with one attached hydrogen (secondary N) is 1. The monoisotopic (exact) mass is 379 g/mol. The average Bonchev–Trinajstić information content (AvgIpc) is 2.54. The van der Waals surface area contributed by atoms with Gasteiger partial charge in [-0.3, -0.25) is 9.78 Å². The molecular formula is C15H11F2N5O3S. The summed E-state index contributed by atoms with van der Waals surface area (Å²) in [6, 6.07) is 2.99.